The van der Waals surface area contributed by atoms with Crippen LogP contribution < -0.4 is 10.5 Å². The molecular weight excluding hydrogens is 426 g/mol. The van der Waals surface area contributed by atoms with Crippen LogP contribution in [0.15, 0.2) is 65.8 Å². The smallest absolute Gasteiger partial charge is 0.238 e. The number of rotatable bonds is 6. The Kier molecular flexibility index (Phi) is 5.38. The summed E-state index contributed by atoms with van der Waals surface area (Å²) in [5.74, 6) is 0.667. The molecule has 2 aromatic heterocycles. The Morgan fingerprint density at radius 1 is 1.09 bits per heavy atom. The summed E-state index contributed by atoms with van der Waals surface area (Å²) in [7, 11) is -3.94. The van der Waals surface area contributed by atoms with Crippen molar-refractivity contribution in [3.8, 4) is 22.4 Å². The molecule has 164 valence electrons. The van der Waals surface area contributed by atoms with Crippen LogP contribution in [0.25, 0.3) is 33.4 Å². The Hall–Kier alpha value is -3.27. The Morgan fingerprint density at radius 3 is 2.62 bits per heavy atom. The zero-order valence-corrected chi connectivity index (χ0v) is 18.1. The van der Waals surface area contributed by atoms with Gasteiger partial charge in [-0.05, 0) is 24.5 Å². The Bertz CT molecular complexity index is 1360. The van der Waals surface area contributed by atoms with E-state index in [0.29, 0.717) is 29.3 Å². The van der Waals surface area contributed by atoms with Crippen molar-refractivity contribution in [1.29, 1.82) is 0 Å². The van der Waals surface area contributed by atoms with Crippen LogP contribution in [0.1, 0.15) is 12.8 Å². The van der Waals surface area contributed by atoms with Crippen LogP contribution in [-0.4, -0.2) is 42.6 Å². The van der Waals surface area contributed by atoms with E-state index in [9.17, 15) is 8.42 Å². The molecule has 1 aliphatic rings. The van der Waals surface area contributed by atoms with E-state index in [1.54, 1.807) is 18.2 Å². The second kappa shape index (κ2) is 8.34. The molecule has 2 aromatic carbocycles. The number of anilines is 1. The lowest BCUT2D eigenvalue weighted by atomic mass is 9.99. The van der Waals surface area contributed by atoms with Crippen LogP contribution >= 0.6 is 0 Å². The molecule has 0 bridgehead atoms. The molecule has 0 saturated carbocycles. The summed E-state index contributed by atoms with van der Waals surface area (Å²) in [5.41, 5.74) is 3.43. The van der Waals surface area contributed by atoms with Gasteiger partial charge in [-0.3, -0.25) is 0 Å². The minimum atomic E-state index is -3.94. The maximum absolute atomic E-state index is 12.3. The van der Waals surface area contributed by atoms with E-state index < -0.39 is 10.0 Å². The van der Waals surface area contributed by atoms with E-state index in [0.717, 1.165) is 36.0 Å². The van der Waals surface area contributed by atoms with Gasteiger partial charge in [0.15, 0.2) is 0 Å². The van der Waals surface area contributed by atoms with Gasteiger partial charge in [0.05, 0.1) is 22.1 Å². The molecule has 0 radical (unpaired) electrons. The van der Waals surface area contributed by atoms with Gasteiger partial charge in [0.25, 0.3) is 0 Å². The van der Waals surface area contributed by atoms with E-state index in [1.165, 1.54) is 12.4 Å². The van der Waals surface area contributed by atoms with Gasteiger partial charge in [0.1, 0.15) is 17.8 Å². The molecule has 1 fully saturated rings. The summed E-state index contributed by atoms with van der Waals surface area (Å²) in [4.78, 5) is 12.3. The number of H-pyrrole nitrogens is 1. The summed E-state index contributed by atoms with van der Waals surface area (Å²) >= 11 is 0. The summed E-state index contributed by atoms with van der Waals surface area (Å²) in [6, 6.07) is 16.4. The van der Waals surface area contributed by atoms with Crippen molar-refractivity contribution < 1.29 is 13.2 Å². The monoisotopic (exact) mass is 449 g/mol. The van der Waals surface area contributed by atoms with E-state index in [4.69, 9.17) is 9.88 Å². The molecule has 1 saturated heterocycles. The zero-order chi connectivity index (χ0) is 22.1. The van der Waals surface area contributed by atoms with Crippen molar-refractivity contribution in [2.24, 2.45) is 5.14 Å². The molecule has 5 rings (SSSR count). The second-order valence-corrected chi connectivity index (χ2v) is 9.27. The highest BCUT2D eigenvalue weighted by Crippen LogP contribution is 2.41. The highest BCUT2D eigenvalue weighted by atomic mass is 32.2. The average Bonchev–Trinajstić information content (AvgIpc) is 3.46. The molecule has 1 unspecified atom stereocenters. The number of nitrogens with zero attached hydrogens (tertiary/aromatic N) is 2. The molecule has 8 nitrogen and oxygen atoms in total. The van der Waals surface area contributed by atoms with Gasteiger partial charge >= 0.3 is 0 Å². The van der Waals surface area contributed by atoms with Gasteiger partial charge in [-0.2, -0.15) is 0 Å². The van der Waals surface area contributed by atoms with Crippen LogP contribution in [0.3, 0.4) is 0 Å². The summed E-state index contributed by atoms with van der Waals surface area (Å²) in [6.07, 6.45) is 3.69. The van der Waals surface area contributed by atoms with Gasteiger partial charge < -0.3 is 15.0 Å². The molecule has 32 heavy (non-hydrogen) atoms. The number of aromatic nitrogens is 3. The summed E-state index contributed by atoms with van der Waals surface area (Å²) < 4.78 is 30.4. The predicted molar refractivity (Wildman–Crippen MR) is 124 cm³/mol. The fourth-order valence-corrected chi connectivity index (χ4v) is 4.93. The number of primary sulfonamides is 1. The third-order valence-corrected chi connectivity index (χ3v) is 6.61. The molecule has 3 heterocycles. The fraction of sp³-hybridized carbons (Fsp3) is 0.217. The molecule has 9 heteroatoms. The van der Waals surface area contributed by atoms with Crippen molar-refractivity contribution in [3.05, 3.63) is 60.9 Å². The number of benzene rings is 2. The van der Waals surface area contributed by atoms with Gasteiger partial charge in [0.2, 0.25) is 10.0 Å². The minimum absolute atomic E-state index is 0.0468. The lowest BCUT2D eigenvalue weighted by Crippen LogP contribution is -2.19. The number of hydrogen-bond acceptors (Lipinski definition) is 6. The molecular formula is C23H23N5O3S. The SMILES string of the molecule is NS(=O)(=O)c1ccccc1-c1[nH]c2ncnc(NCC3CCCO3)c2c1-c1ccccc1. The first-order chi connectivity index (χ1) is 15.5. The predicted octanol–water partition coefficient (Wildman–Crippen LogP) is 3.53. The van der Waals surface area contributed by atoms with Crippen molar-refractivity contribution in [2.45, 2.75) is 23.8 Å². The Labute approximate surface area is 185 Å². The number of aromatic amines is 1. The first-order valence-corrected chi connectivity index (χ1v) is 12.0. The minimum Gasteiger partial charge on any atom is -0.376 e. The van der Waals surface area contributed by atoms with Gasteiger partial charge in [0, 0.05) is 24.3 Å². The van der Waals surface area contributed by atoms with E-state index in [2.05, 4.69) is 20.3 Å². The largest absolute Gasteiger partial charge is 0.376 e. The van der Waals surface area contributed by atoms with Crippen molar-refractivity contribution in [3.63, 3.8) is 0 Å². The van der Waals surface area contributed by atoms with E-state index >= 15 is 0 Å². The van der Waals surface area contributed by atoms with Crippen LogP contribution in [0, 0.1) is 0 Å². The molecule has 0 spiro atoms. The van der Waals surface area contributed by atoms with Crippen LogP contribution in [0.2, 0.25) is 0 Å². The number of nitrogens with two attached hydrogens (primary N) is 1. The van der Waals surface area contributed by atoms with Crippen molar-refractivity contribution in [1.82, 2.24) is 15.0 Å². The lowest BCUT2D eigenvalue weighted by molar-refractivity contribution is 0.120. The molecule has 4 aromatic rings. The third kappa shape index (κ3) is 3.86. The Morgan fingerprint density at radius 2 is 1.88 bits per heavy atom. The summed E-state index contributed by atoms with van der Waals surface area (Å²) in [5, 5.41) is 9.73. The number of sulfonamides is 1. The average molecular weight is 450 g/mol. The molecule has 1 atom stereocenters. The first-order valence-electron chi connectivity index (χ1n) is 10.4. The van der Waals surface area contributed by atoms with Gasteiger partial charge in [-0.1, -0.05) is 48.5 Å². The molecule has 4 N–H and O–H groups in total. The van der Waals surface area contributed by atoms with Crippen LogP contribution in [0.5, 0.6) is 0 Å². The quantitative estimate of drug-likeness (QED) is 0.414. The van der Waals surface area contributed by atoms with Crippen molar-refractivity contribution >= 4 is 26.9 Å². The highest BCUT2D eigenvalue weighted by molar-refractivity contribution is 7.89. The van der Waals surface area contributed by atoms with Crippen LogP contribution in [-0.2, 0) is 14.8 Å². The Balaban J connectivity index is 1.74. The zero-order valence-electron chi connectivity index (χ0n) is 17.3. The number of nitrogens with one attached hydrogen (secondary N) is 2. The maximum atomic E-state index is 12.3. The fourth-order valence-electron chi connectivity index (χ4n) is 4.19. The molecule has 0 amide bonds. The normalized spacial score (nSPS) is 16.5. The number of fused-ring (bicyclic) bond motifs is 1. The lowest BCUT2D eigenvalue weighted by Gasteiger charge is -2.13. The highest BCUT2D eigenvalue weighted by Gasteiger charge is 2.24. The van der Waals surface area contributed by atoms with Gasteiger partial charge in [-0.25, -0.2) is 23.5 Å². The van der Waals surface area contributed by atoms with E-state index in [-0.39, 0.29) is 11.0 Å². The number of ether oxygens (including phenoxy) is 1. The van der Waals surface area contributed by atoms with Crippen LogP contribution in [0.4, 0.5) is 5.82 Å². The second-order valence-electron chi connectivity index (χ2n) is 7.74. The maximum Gasteiger partial charge on any atom is 0.238 e. The number of hydrogen-bond donors (Lipinski definition) is 3. The van der Waals surface area contributed by atoms with Gasteiger partial charge in [-0.15, -0.1) is 0 Å². The topological polar surface area (TPSA) is 123 Å². The molecule has 1 aliphatic heterocycles. The summed E-state index contributed by atoms with van der Waals surface area (Å²) in [6.45, 7) is 1.41. The standard InChI is InChI=1S/C23H23N5O3S/c24-32(29,30)18-11-5-4-10-17(18)21-19(15-7-2-1-3-8-15)20-22(26-14-27-23(20)28-21)25-13-16-9-6-12-31-16/h1-5,7-8,10-11,14,16H,6,9,12-13H2,(H2,24,29,30)(H2,25,26,27,28). The third-order valence-electron chi connectivity index (χ3n) is 5.64. The van der Waals surface area contributed by atoms with E-state index in [1.807, 2.05) is 30.3 Å². The first kappa shape index (κ1) is 20.6. The molecule has 0 aliphatic carbocycles. The van der Waals surface area contributed by atoms with Crippen molar-refractivity contribution in [2.75, 3.05) is 18.5 Å².